The second-order valence-corrected chi connectivity index (χ2v) is 5.91. The number of nitrogens with zero attached hydrogens (tertiary/aromatic N) is 2. The van der Waals surface area contributed by atoms with E-state index in [0.29, 0.717) is 6.04 Å². The number of nitrogen functional groups attached to an aromatic ring is 1. The third-order valence-corrected chi connectivity index (χ3v) is 4.66. The molecule has 1 aromatic carbocycles. The molecule has 0 radical (unpaired) electrons. The maximum Gasteiger partial charge on any atom is 0.0363 e. The molecule has 112 valence electrons. The minimum absolute atomic E-state index is 0.636. The van der Waals surface area contributed by atoms with Crippen molar-refractivity contribution in [1.29, 1.82) is 0 Å². The van der Waals surface area contributed by atoms with E-state index in [1.807, 2.05) is 6.07 Å². The van der Waals surface area contributed by atoms with Crippen molar-refractivity contribution in [3.05, 3.63) is 29.3 Å². The molecule has 0 amide bonds. The number of hydrogen-bond acceptors (Lipinski definition) is 3. The Hall–Kier alpha value is -1.06. The SMILES string of the molecule is CCN(CC)CCCC(C)N1Cc2cccc(N)c2C1. The smallest absolute Gasteiger partial charge is 0.0363 e. The van der Waals surface area contributed by atoms with E-state index in [9.17, 15) is 0 Å². The lowest BCUT2D eigenvalue weighted by atomic mass is 10.1. The molecule has 0 aromatic heterocycles. The van der Waals surface area contributed by atoms with Gasteiger partial charge in [-0.15, -0.1) is 0 Å². The molecule has 1 aliphatic rings. The van der Waals surface area contributed by atoms with Crippen molar-refractivity contribution in [3.63, 3.8) is 0 Å². The van der Waals surface area contributed by atoms with Crippen LogP contribution in [0.25, 0.3) is 0 Å². The fourth-order valence-electron chi connectivity index (χ4n) is 3.12. The number of rotatable bonds is 7. The molecule has 0 saturated carbocycles. The number of nitrogens with two attached hydrogens (primary N) is 1. The third-order valence-electron chi connectivity index (χ3n) is 4.66. The van der Waals surface area contributed by atoms with Gasteiger partial charge in [-0.3, -0.25) is 4.90 Å². The predicted molar refractivity (Wildman–Crippen MR) is 86.6 cm³/mol. The van der Waals surface area contributed by atoms with Gasteiger partial charge >= 0.3 is 0 Å². The van der Waals surface area contributed by atoms with Crippen LogP contribution in [0, 0.1) is 0 Å². The molecule has 2 rings (SSSR count). The number of hydrogen-bond donors (Lipinski definition) is 1. The van der Waals surface area contributed by atoms with E-state index in [1.54, 1.807) is 0 Å². The Morgan fingerprint density at radius 1 is 1.25 bits per heavy atom. The van der Waals surface area contributed by atoms with Crippen LogP contribution < -0.4 is 5.73 Å². The summed E-state index contributed by atoms with van der Waals surface area (Å²) in [6.45, 7) is 12.5. The molecule has 0 aliphatic carbocycles. The summed E-state index contributed by atoms with van der Waals surface area (Å²) in [5, 5.41) is 0. The van der Waals surface area contributed by atoms with Gasteiger partial charge in [0.25, 0.3) is 0 Å². The van der Waals surface area contributed by atoms with E-state index in [4.69, 9.17) is 5.73 Å². The third kappa shape index (κ3) is 3.53. The van der Waals surface area contributed by atoms with Gasteiger partial charge in [-0.1, -0.05) is 26.0 Å². The van der Waals surface area contributed by atoms with E-state index in [2.05, 4.69) is 42.7 Å². The lowest BCUT2D eigenvalue weighted by molar-refractivity contribution is 0.191. The summed E-state index contributed by atoms with van der Waals surface area (Å²) in [4.78, 5) is 5.06. The first-order valence-electron chi connectivity index (χ1n) is 7.98. The van der Waals surface area contributed by atoms with E-state index in [-0.39, 0.29) is 0 Å². The van der Waals surface area contributed by atoms with Crippen LogP contribution >= 0.6 is 0 Å². The summed E-state index contributed by atoms with van der Waals surface area (Å²) in [5.41, 5.74) is 9.80. The monoisotopic (exact) mass is 275 g/mol. The Kier molecular flexibility index (Phi) is 5.44. The zero-order valence-corrected chi connectivity index (χ0v) is 13.2. The number of fused-ring (bicyclic) bond motifs is 1. The number of benzene rings is 1. The second kappa shape index (κ2) is 7.09. The fourth-order valence-corrected chi connectivity index (χ4v) is 3.12. The molecule has 2 N–H and O–H groups in total. The van der Waals surface area contributed by atoms with Crippen LogP contribution in [-0.2, 0) is 13.1 Å². The second-order valence-electron chi connectivity index (χ2n) is 5.91. The maximum atomic E-state index is 6.08. The van der Waals surface area contributed by atoms with Gasteiger partial charge in [0.2, 0.25) is 0 Å². The largest absolute Gasteiger partial charge is 0.398 e. The molecule has 1 atom stereocenters. The minimum atomic E-state index is 0.636. The molecule has 0 bridgehead atoms. The van der Waals surface area contributed by atoms with Crippen molar-refractivity contribution < 1.29 is 0 Å². The quantitative estimate of drug-likeness (QED) is 0.776. The van der Waals surface area contributed by atoms with Crippen molar-refractivity contribution in [1.82, 2.24) is 9.80 Å². The van der Waals surface area contributed by atoms with Gasteiger partial charge in [0.1, 0.15) is 0 Å². The van der Waals surface area contributed by atoms with Crippen molar-refractivity contribution in [2.75, 3.05) is 25.4 Å². The standard InChI is InChI=1S/C17H29N3/c1-4-19(5-2)11-7-8-14(3)20-12-15-9-6-10-17(18)16(15)13-20/h6,9-10,14H,4-5,7-8,11-13,18H2,1-3H3. The maximum absolute atomic E-state index is 6.08. The average molecular weight is 275 g/mol. The average Bonchev–Trinajstić information content (AvgIpc) is 2.89. The van der Waals surface area contributed by atoms with Crippen LogP contribution in [0.3, 0.4) is 0 Å². The number of anilines is 1. The van der Waals surface area contributed by atoms with Crippen molar-refractivity contribution in [2.24, 2.45) is 0 Å². The van der Waals surface area contributed by atoms with E-state index < -0.39 is 0 Å². The van der Waals surface area contributed by atoms with Crippen LogP contribution in [0.2, 0.25) is 0 Å². The lowest BCUT2D eigenvalue weighted by Gasteiger charge is -2.25. The topological polar surface area (TPSA) is 32.5 Å². The van der Waals surface area contributed by atoms with Gasteiger partial charge < -0.3 is 10.6 Å². The summed E-state index contributed by atoms with van der Waals surface area (Å²) in [6, 6.07) is 6.95. The summed E-state index contributed by atoms with van der Waals surface area (Å²) in [6.07, 6.45) is 2.55. The van der Waals surface area contributed by atoms with Crippen molar-refractivity contribution >= 4 is 5.69 Å². The Bertz CT molecular complexity index is 426. The first kappa shape index (κ1) is 15.3. The highest BCUT2D eigenvalue weighted by atomic mass is 15.2. The molecule has 20 heavy (non-hydrogen) atoms. The van der Waals surface area contributed by atoms with Crippen LogP contribution in [0.15, 0.2) is 18.2 Å². The first-order chi connectivity index (χ1) is 9.65. The normalized spacial score (nSPS) is 16.6. The molecule has 3 heteroatoms. The van der Waals surface area contributed by atoms with E-state index >= 15 is 0 Å². The zero-order valence-electron chi connectivity index (χ0n) is 13.2. The Balaban J connectivity index is 1.81. The predicted octanol–water partition coefficient (Wildman–Crippen LogP) is 3.09. The van der Waals surface area contributed by atoms with E-state index in [1.165, 1.54) is 30.5 Å². The molecule has 1 aromatic rings. The Morgan fingerprint density at radius 3 is 2.65 bits per heavy atom. The van der Waals surface area contributed by atoms with Gasteiger partial charge in [-0.05, 0) is 56.6 Å². The van der Waals surface area contributed by atoms with Gasteiger partial charge in [0, 0.05) is 24.8 Å². The van der Waals surface area contributed by atoms with Crippen molar-refractivity contribution in [2.45, 2.75) is 52.7 Å². The molecule has 1 heterocycles. The molecule has 3 nitrogen and oxygen atoms in total. The molecular weight excluding hydrogens is 246 g/mol. The van der Waals surface area contributed by atoms with E-state index in [0.717, 1.165) is 31.9 Å². The molecular formula is C17H29N3. The van der Waals surface area contributed by atoms with Crippen LogP contribution in [-0.4, -0.2) is 35.5 Å². The highest BCUT2D eigenvalue weighted by Crippen LogP contribution is 2.29. The molecule has 1 unspecified atom stereocenters. The Labute approximate surface area is 123 Å². The van der Waals surface area contributed by atoms with Gasteiger partial charge in [0.15, 0.2) is 0 Å². The summed E-state index contributed by atoms with van der Waals surface area (Å²) in [7, 11) is 0. The van der Waals surface area contributed by atoms with Crippen LogP contribution in [0.5, 0.6) is 0 Å². The lowest BCUT2D eigenvalue weighted by Crippen LogP contribution is -2.30. The molecule has 1 aliphatic heterocycles. The summed E-state index contributed by atoms with van der Waals surface area (Å²) < 4.78 is 0. The van der Waals surface area contributed by atoms with Crippen LogP contribution in [0.1, 0.15) is 44.7 Å². The van der Waals surface area contributed by atoms with Gasteiger partial charge in [0.05, 0.1) is 0 Å². The van der Waals surface area contributed by atoms with Gasteiger partial charge in [-0.2, -0.15) is 0 Å². The summed E-state index contributed by atoms with van der Waals surface area (Å²) >= 11 is 0. The van der Waals surface area contributed by atoms with Crippen LogP contribution in [0.4, 0.5) is 5.69 Å². The zero-order chi connectivity index (χ0) is 14.5. The molecule has 0 saturated heterocycles. The Morgan fingerprint density at radius 2 is 2.00 bits per heavy atom. The summed E-state index contributed by atoms with van der Waals surface area (Å²) in [5.74, 6) is 0. The molecule has 0 spiro atoms. The highest BCUT2D eigenvalue weighted by Gasteiger charge is 2.24. The van der Waals surface area contributed by atoms with Gasteiger partial charge in [-0.25, -0.2) is 0 Å². The molecule has 0 fully saturated rings. The minimum Gasteiger partial charge on any atom is -0.398 e. The highest BCUT2D eigenvalue weighted by molar-refractivity contribution is 5.52. The van der Waals surface area contributed by atoms with Crippen molar-refractivity contribution in [3.8, 4) is 0 Å². The first-order valence-corrected chi connectivity index (χ1v) is 7.98. The fraction of sp³-hybridized carbons (Fsp3) is 0.647.